The summed E-state index contributed by atoms with van der Waals surface area (Å²) in [6.45, 7) is 1.80. The van der Waals surface area contributed by atoms with E-state index in [0.29, 0.717) is 0 Å². The van der Waals surface area contributed by atoms with E-state index in [9.17, 15) is 22.7 Å². The van der Waals surface area contributed by atoms with E-state index in [0.717, 1.165) is 0 Å². The normalized spacial score (nSPS) is 15.4. The quantitative estimate of drug-likeness (QED) is 0.813. The summed E-state index contributed by atoms with van der Waals surface area (Å²) in [6.07, 6.45) is -6.13. The molecule has 0 amide bonds. The van der Waals surface area contributed by atoms with Crippen LogP contribution in [0.5, 0.6) is 0 Å². The first-order valence-corrected chi connectivity index (χ1v) is 6.38. The van der Waals surface area contributed by atoms with Gasteiger partial charge in [-0.15, -0.1) is 0 Å². The van der Waals surface area contributed by atoms with Crippen LogP contribution in [0.1, 0.15) is 25.0 Å². The third-order valence-corrected chi connectivity index (χ3v) is 3.14. The van der Waals surface area contributed by atoms with E-state index >= 15 is 0 Å². The molecule has 0 spiro atoms. The lowest BCUT2D eigenvalue weighted by Gasteiger charge is -2.25. The van der Waals surface area contributed by atoms with Gasteiger partial charge >= 0.3 is 6.18 Å². The molecule has 20 heavy (non-hydrogen) atoms. The molecule has 0 saturated heterocycles. The molecule has 0 fully saturated rings. The van der Waals surface area contributed by atoms with E-state index in [4.69, 9.17) is 0 Å². The number of halogens is 4. The van der Waals surface area contributed by atoms with Gasteiger partial charge in [0.2, 0.25) is 0 Å². The molecule has 0 aliphatic carbocycles. The third-order valence-electron chi connectivity index (χ3n) is 3.14. The predicted molar refractivity (Wildman–Crippen MR) is 68.7 cm³/mol. The Kier molecular flexibility index (Phi) is 5.95. The van der Waals surface area contributed by atoms with Crippen LogP contribution in [0.2, 0.25) is 0 Å². The Balaban J connectivity index is 2.54. The van der Waals surface area contributed by atoms with Crippen LogP contribution in [0.4, 0.5) is 17.6 Å². The van der Waals surface area contributed by atoms with Gasteiger partial charge in [-0.3, -0.25) is 0 Å². The molecule has 0 aliphatic heterocycles. The number of hydrogen-bond acceptors (Lipinski definition) is 2. The molecule has 0 aliphatic rings. The van der Waals surface area contributed by atoms with Crippen molar-refractivity contribution in [3.8, 4) is 0 Å². The SMILES string of the molecule is CC(CN(C)CCC(F)(F)F)C(O)c1ccccc1F. The summed E-state index contributed by atoms with van der Waals surface area (Å²) >= 11 is 0. The van der Waals surface area contributed by atoms with E-state index in [2.05, 4.69) is 0 Å². The van der Waals surface area contributed by atoms with E-state index in [1.165, 1.54) is 23.1 Å². The maximum Gasteiger partial charge on any atom is 0.390 e. The molecule has 2 unspecified atom stereocenters. The summed E-state index contributed by atoms with van der Waals surface area (Å²) in [4.78, 5) is 1.49. The number of nitrogens with zero attached hydrogens (tertiary/aromatic N) is 1. The number of benzene rings is 1. The van der Waals surface area contributed by atoms with E-state index in [1.807, 2.05) is 0 Å². The lowest BCUT2D eigenvalue weighted by atomic mass is 9.96. The number of alkyl halides is 3. The molecule has 0 heterocycles. The largest absolute Gasteiger partial charge is 0.390 e. The molecule has 0 aromatic heterocycles. The first-order chi connectivity index (χ1) is 9.20. The molecule has 1 aromatic rings. The van der Waals surface area contributed by atoms with Crippen molar-refractivity contribution in [1.82, 2.24) is 4.90 Å². The second-order valence-corrected chi connectivity index (χ2v) is 5.07. The van der Waals surface area contributed by atoms with Gasteiger partial charge in [0.05, 0.1) is 12.5 Å². The molecule has 0 radical (unpaired) electrons. The van der Waals surface area contributed by atoms with Crippen LogP contribution in [-0.4, -0.2) is 36.3 Å². The fourth-order valence-electron chi connectivity index (χ4n) is 2.02. The third kappa shape index (κ3) is 5.46. The van der Waals surface area contributed by atoms with Gasteiger partial charge in [0.1, 0.15) is 5.82 Å². The highest BCUT2D eigenvalue weighted by Crippen LogP contribution is 2.25. The molecule has 1 N–H and O–H groups in total. The molecule has 1 aromatic carbocycles. The Hall–Kier alpha value is -1.14. The lowest BCUT2D eigenvalue weighted by Crippen LogP contribution is -2.31. The molecule has 0 bridgehead atoms. The fourth-order valence-corrected chi connectivity index (χ4v) is 2.02. The Labute approximate surface area is 116 Å². The summed E-state index contributed by atoms with van der Waals surface area (Å²) in [6, 6.07) is 5.86. The van der Waals surface area contributed by atoms with Gasteiger partial charge in [-0.25, -0.2) is 4.39 Å². The smallest absolute Gasteiger partial charge is 0.388 e. The van der Waals surface area contributed by atoms with Crippen LogP contribution in [0, 0.1) is 11.7 Å². The molecule has 2 atom stereocenters. The maximum atomic E-state index is 13.5. The fraction of sp³-hybridized carbons (Fsp3) is 0.571. The van der Waals surface area contributed by atoms with Crippen LogP contribution in [0.15, 0.2) is 24.3 Å². The average molecular weight is 293 g/mol. The number of aliphatic hydroxyl groups is 1. The minimum absolute atomic E-state index is 0.141. The van der Waals surface area contributed by atoms with Gasteiger partial charge in [-0.05, 0) is 19.0 Å². The van der Waals surface area contributed by atoms with Gasteiger partial charge in [0.25, 0.3) is 0 Å². The topological polar surface area (TPSA) is 23.5 Å². The van der Waals surface area contributed by atoms with E-state index in [1.54, 1.807) is 20.0 Å². The van der Waals surface area contributed by atoms with Crippen LogP contribution < -0.4 is 0 Å². The Bertz CT molecular complexity index is 422. The van der Waals surface area contributed by atoms with Crippen molar-refractivity contribution in [2.45, 2.75) is 25.6 Å². The Morgan fingerprint density at radius 3 is 2.40 bits per heavy atom. The van der Waals surface area contributed by atoms with E-state index in [-0.39, 0.29) is 24.6 Å². The first-order valence-electron chi connectivity index (χ1n) is 6.38. The van der Waals surface area contributed by atoms with Crippen LogP contribution in [0.3, 0.4) is 0 Å². The van der Waals surface area contributed by atoms with Crippen LogP contribution in [0.25, 0.3) is 0 Å². The van der Waals surface area contributed by atoms with Gasteiger partial charge in [-0.1, -0.05) is 25.1 Å². The first kappa shape index (κ1) is 16.9. The molecule has 2 nitrogen and oxygen atoms in total. The van der Waals surface area contributed by atoms with E-state index < -0.39 is 24.5 Å². The summed E-state index contributed by atoms with van der Waals surface area (Å²) in [7, 11) is 1.55. The van der Waals surface area contributed by atoms with Crippen molar-refractivity contribution >= 4 is 0 Å². The Morgan fingerprint density at radius 2 is 1.85 bits per heavy atom. The van der Waals surface area contributed by atoms with Crippen molar-refractivity contribution in [2.24, 2.45) is 5.92 Å². The lowest BCUT2D eigenvalue weighted by molar-refractivity contribution is -0.137. The van der Waals surface area contributed by atoms with Crippen molar-refractivity contribution in [1.29, 1.82) is 0 Å². The van der Waals surface area contributed by atoms with Crippen molar-refractivity contribution in [3.05, 3.63) is 35.6 Å². The van der Waals surface area contributed by atoms with Crippen LogP contribution >= 0.6 is 0 Å². The second kappa shape index (κ2) is 7.04. The monoisotopic (exact) mass is 293 g/mol. The minimum Gasteiger partial charge on any atom is -0.388 e. The van der Waals surface area contributed by atoms with Gasteiger partial charge in [-0.2, -0.15) is 13.2 Å². The summed E-state index contributed by atoms with van der Waals surface area (Å²) in [5, 5.41) is 10.1. The second-order valence-electron chi connectivity index (χ2n) is 5.07. The zero-order chi connectivity index (χ0) is 15.3. The molecule has 0 saturated carbocycles. The molecule has 6 heteroatoms. The summed E-state index contributed by atoms with van der Waals surface area (Å²) in [5.74, 6) is -0.880. The standard InChI is InChI=1S/C14H19F4NO/c1-10(9-19(2)8-7-14(16,17)18)13(20)11-5-3-4-6-12(11)15/h3-6,10,13,20H,7-9H2,1-2H3. The van der Waals surface area contributed by atoms with Gasteiger partial charge < -0.3 is 10.0 Å². The number of aliphatic hydroxyl groups excluding tert-OH is 1. The average Bonchev–Trinajstić information content (AvgIpc) is 2.35. The summed E-state index contributed by atoms with van der Waals surface area (Å²) < 4.78 is 49.8. The number of hydrogen-bond donors (Lipinski definition) is 1. The highest BCUT2D eigenvalue weighted by molar-refractivity contribution is 5.20. The van der Waals surface area contributed by atoms with Crippen LogP contribution in [-0.2, 0) is 0 Å². The van der Waals surface area contributed by atoms with Crippen molar-refractivity contribution in [2.75, 3.05) is 20.1 Å². The maximum absolute atomic E-state index is 13.5. The van der Waals surface area contributed by atoms with Crippen molar-refractivity contribution < 1.29 is 22.7 Å². The minimum atomic E-state index is -4.19. The predicted octanol–water partition coefficient (Wildman–Crippen LogP) is 3.38. The zero-order valence-corrected chi connectivity index (χ0v) is 11.5. The van der Waals surface area contributed by atoms with Crippen molar-refractivity contribution in [3.63, 3.8) is 0 Å². The highest BCUT2D eigenvalue weighted by Gasteiger charge is 2.28. The molecular weight excluding hydrogens is 274 g/mol. The number of rotatable bonds is 6. The highest BCUT2D eigenvalue weighted by atomic mass is 19.4. The van der Waals surface area contributed by atoms with Gasteiger partial charge in [0.15, 0.2) is 0 Å². The zero-order valence-electron chi connectivity index (χ0n) is 11.5. The molecule has 114 valence electrons. The molecular formula is C14H19F4NO. The van der Waals surface area contributed by atoms with Gasteiger partial charge in [0, 0.05) is 18.7 Å². The Morgan fingerprint density at radius 1 is 1.25 bits per heavy atom. The summed E-state index contributed by atoms with van der Waals surface area (Å²) in [5.41, 5.74) is 0.171. The molecule has 1 rings (SSSR count).